The van der Waals surface area contributed by atoms with Crippen molar-refractivity contribution in [3.63, 3.8) is 0 Å². The molecule has 2 aromatic carbocycles. The van der Waals surface area contributed by atoms with E-state index in [2.05, 4.69) is 10.6 Å². The molecule has 0 radical (unpaired) electrons. The highest BCUT2D eigenvalue weighted by atomic mass is 16.6. The zero-order valence-corrected chi connectivity index (χ0v) is 23.0. The second-order valence-corrected chi connectivity index (χ2v) is 9.17. The van der Waals surface area contributed by atoms with Crippen LogP contribution in [0.25, 0.3) is 0 Å². The Morgan fingerprint density at radius 2 is 1.23 bits per heavy atom. The first-order valence-corrected chi connectivity index (χ1v) is 13.5. The number of hydrogen-bond acceptors (Lipinski definition) is 7. The zero-order chi connectivity index (χ0) is 28.3. The normalized spacial score (nSPS) is 11.7. The summed E-state index contributed by atoms with van der Waals surface area (Å²) < 4.78 is 10.5. The van der Waals surface area contributed by atoms with E-state index >= 15 is 0 Å². The van der Waals surface area contributed by atoms with Crippen molar-refractivity contribution in [3.8, 4) is 0 Å². The van der Waals surface area contributed by atoms with Gasteiger partial charge in [-0.3, -0.25) is 14.6 Å². The number of nitrogens with one attached hydrogen (secondary N) is 2. The van der Waals surface area contributed by atoms with Gasteiger partial charge in [-0.2, -0.15) is 0 Å². The first-order chi connectivity index (χ1) is 18.9. The summed E-state index contributed by atoms with van der Waals surface area (Å²) in [4.78, 5) is 40.3. The molecule has 1 atom stereocenters. The van der Waals surface area contributed by atoms with Crippen molar-refractivity contribution in [1.82, 2.24) is 20.4 Å². The average Bonchev–Trinajstić information content (AvgIpc) is 2.94. The predicted molar refractivity (Wildman–Crippen MR) is 149 cm³/mol. The van der Waals surface area contributed by atoms with Crippen LogP contribution < -0.4 is 10.6 Å². The number of hydrogen-bond donors (Lipinski definition) is 3. The lowest BCUT2D eigenvalue weighted by Crippen LogP contribution is -2.52. The second kappa shape index (κ2) is 18.6. The molecule has 0 bridgehead atoms. The van der Waals surface area contributed by atoms with E-state index in [1.807, 2.05) is 84.3 Å². The summed E-state index contributed by atoms with van der Waals surface area (Å²) in [6.45, 7) is 7.38. The summed E-state index contributed by atoms with van der Waals surface area (Å²) in [5.41, 5.74) is 1.79. The van der Waals surface area contributed by atoms with Crippen molar-refractivity contribution >= 4 is 18.2 Å². The van der Waals surface area contributed by atoms with Crippen LogP contribution in [0, 0.1) is 0 Å². The Morgan fingerprint density at radius 1 is 0.744 bits per heavy atom. The molecule has 39 heavy (non-hydrogen) atoms. The summed E-state index contributed by atoms with van der Waals surface area (Å²) in [5.74, 6) is -0.925. The predicted octanol–water partition coefficient (Wildman–Crippen LogP) is 3.72. The van der Waals surface area contributed by atoms with Crippen LogP contribution in [0.1, 0.15) is 37.8 Å². The van der Waals surface area contributed by atoms with Gasteiger partial charge in [-0.15, -0.1) is 0 Å². The Kier molecular flexibility index (Phi) is 15.1. The largest absolute Gasteiger partial charge is 0.480 e. The fourth-order valence-corrected chi connectivity index (χ4v) is 4.08. The molecule has 3 N–H and O–H groups in total. The van der Waals surface area contributed by atoms with E-state index < -0.39 is 24.2 Å². The Bertz CT molecular complexity index is 976. The number of ether oxygens (including phenoxy) is 2. The fourth-order valence-electron chi connectivity index (χ4n) is 4.08. The third kappa shape index (κ3) is 13.1. The Labute approximate surface area is 231 Å². The number of carboxylic acid groups (broad SMARTS) is 1. The second-order valence-electron chi connectivity index (χ2n) is 9.17. The van der Waals surface area contributed by atoms with Gasteiger partial charge in [0.1, 0.15) is 19.3 Å². The number of carbonyl (C=O) groups excluding carboxylic acids is 2. The number of rotatable bonds is 18. The molecule has 0 aliphatic carbocycles. The number of alkyl carbamates (subject to hydrolysis) is 2. The van der Waals surface area contributed by atoms with Gasteiger partial charge >= 0.3 is 18.2 Å². The van der Waals surface area contributed by atoms with E-state index in [1.54, 1.807) is 0 Å². The van der Waals surface area contributed by atoms with Crippen LogP contribution in [0.2, 0.25) is 0 Å². The monoisotopic (exact) mass is 542 g/mol. The van der Waals surface area contributed by atoms with Gasteiger partial charge in [0.15, 0.2) is 0 Å². The van der Waals surface area contributed by atoms with Crippen molar-refractivity contribution in [2.45, 2.75) is 45.9 Å². The number of carbonyl (C=O) groups is 3. The topological polar surface area (TPSA) is 120 Å². The quantitative estimate of drug-likeness (QED) is 0.261. The van der Waals surface area contributed by atoms with E-state index in [0.29, 0.717) is 39.3 Å². The molecule has 214 valence electrons. The van der Waals surface area contributed by atoms with Gasteiger partial charge < -0.3 is 25.2 Å². The molecule has 10 nitrogen and oxygen atoms in total. The minimum atomic E-state index is -0.925. The van der Waals surface area contributed by atoms with Gasteiger partial charge in [0.05, 0.1) is 0 Å². The van der Waals surface area contributed by atoms with E-state index in [9.17, 15) is 19.5 Å². The Morgan fingerprint density at radius 3 is 1.69 bits per heavy atom. The smallest absolute Gasteiger partial charge is 0.407 e. The third-order valence-corrected chi connectivity index (χ3v) is 6.00. The zero-order valence-electron chi connectivity index (χ0n) is 23.0. The molecule has 0 fully saturated rings. The van der Waals surface area contributed by atoms with Crippen molar-refractivity contribution in [2.24, 2.45) is 0 Å². The molecule has 0 aromatic heterocycles. The molecule has 0 spiro atoms. The highest BCUT2D eigenvalue weighted by molar-refractivity contribution is 5.74. The average molecular weight is 543 g/mol. The van der Waals surface area contributed by atoms with Gasteiger partial charge in [0, 0.05) is 32.7 Å². The standard InChI is InChI=1S/C29H42N4O6/c1-3-17-32(19-15-30-28(36)38-22-24-11-7-5-8-12-24)21-26(27(34)35)33(18-4-2)20-16-31-29(37)39-23-25-13-9-6-10-14-25/h5-14,26H,3-4,15-23H2,1-2H3,(H,30,36)(H,31,37)(H,34,35). The maximum atomic E-state index is 12.2. The van der Waals surface area contributed by atoms with Crippen LogP contribution in [0.5, 0.6) is 0 Å². The van der Waals surface area contributed by atoms with Crippen molar-refractivity contribution in [1.29, 1.82) is 0 Å². The summed E-state index contributed by atoms with van der Waals surface area (Å²) in [6, 6.07) is 18.1. The summed E-state index contributed by atoms with van der Waals surface area (Å²) >= 11 is 0. The van der Waals surface area contributed by atoms with Crippen molar-refractivity contribution < 1.29 is 29.0 Å². The minimum Gasteiger partial charge on any atom is -0.480 e. The lowest BCUT2D eigenvalue weighted by molar-refractivity contribution is -0.144. The van der Waals surface area contributed by atoms with Crippen molar-refractivity contribution in [3.05, 3.63) is 71.8 Å². The fraction of sp³-hybridized carbons (Fsp3) is 0.483. The SMILES string of the molecule is CCCN(CCNC(=O)OCc1ccccc1)CC(C(=O)O)N(CCC)CCNC(=O)OCc1ccccc1. The van der Waals surface area contributed by atoms with E-state index in [-0.39, 0.29) is 19.8 Å². The molecule has 0 aliphatic heterocycles. The summed E-state index contributed by atoms with van der Waals surface area (Å²) in [5, 5.41) is 15.5. The highest BCUT2D eigenvalue weighted by Crippen LogP contribution is 2.07. The lowest BCUT2D eigenvalue weighted by atomic mass is 10.2. The first kappa shape index (κ1) is 31.6. The molecule has 2 rings (SSSR count). The molecule has 0 saturated carbocycles. The lowest BCUT2D eigenvalue weighted by Gasteiger charge is -2.33. The minimum absolute atomic E-state index is 0.170. The summed E-state index contributed by atoms with van der Waals surface area (Å²) in [7, 11) is 0. The number of carboxylic acids is 1. The number of benzene rings is 2. The molecule has 2 amide bonds. The van der Waals surface area contributed by atoms with Crippen LogP contribution in [-0.2, 0) is 27.5 Å². The van der Waals surface area contributed by atoms with Gasteiger partial charge in [0.25, 0.3) is 0 Å². The summed E-state index contributed by atoms with van der Waals surface area (Å²) in [6.07, 6.45) is 0.556. The molecule has 2 aromatic rings. The molecule has 0 heterocycles. The van der Waals surface area contributed by atoms with Crippen LogP contribution in [-0.4, -0.2) is 84.9 Å². The number of nitrogens with zero attached hydrogens (tertiary/aromatic N) is 2. The number of aliphatic carboxylic acids is 1. The Balaban J connectivity index is 1.81. The molecule has 0 saturated heterocycles. The van der Waals surface area contributed by atoms with E-state index in [0.717, 1.165) is 24.0 Å². The van der Waals surface area contributed by atoms with E-state index in [1.165, 1.54) is 0 Å². The third-order valence-electron chi connectivity index (χ3n) is 6.00. The van der Waals surface area contributed by atoms with Gasteiger partial charge in [-0.25, -0.2) is 9.59 Å². The molecular formula is C29H42N4O6. The van der Waals surface area contributed by atoms with Crippen LogP contribution >= 0.6 is 0 Å². The van der Waals surface area contributed by atoms with E-state index in [4.69, 9.17) is 9.47 Å². The first-order valence-electron chi connectivity index (χ1n) is 13.5. The van der Waals surface area contributed by atoms with Crippen molar-refractivity contribution in [2.75, 3.05) is 45.8 Å². The maximum absolute atomic E-state index is 12.2. The van der Waals surface area contributed by atoms with Crippen LogP contribution in [0.4, 0.5) is 9.59 Å². The van der Waals surface area contributed by atoms with Crippen LogP contribution in [0.3, 0.4) is 0 Å². The van der Waals surface area contributed by atoms with Gasteiger partial charge in [-0.05, 0) is 37.1 Å². The van der Waals surface area contributed by atoms with Crippen LogP contribution in [0.15, 0.2) is 60.7 Å². The highest BCUT2D eigenvalue weighted by Gasteiger charge is 2.27. The molecular weight excluding hydrogens is 500 g/mol. The maximum Gasteiger partial charge on any atom is 0.407 e. The molecule has 0 aliphatic rings. The Hall–Kier alpha value is -3.63. The molecule has 10 heteroatoms. The number of amides is 2. The van der Waals surface area contributed by atoms with Gasteiger partial charge in [0.2, 0.25) is 0 Å². The molecule has 1 unspecified atom stereocenters. The van der Waals surface area contributed by atoms with Gasteiger partial charge in [-0.1, -0.05) is 74.5 Å².